The Morgan fingerprint density at radius 1 is 0.634 bits per heavy atom. The average Bonchev–Trinajstić information content (AvgIpc) is 2.97. The minimum absolute atomic E-state index is 0.00933. The molecule has 4 aromatic rings. The minimum Gasteiger partial charge on any atom is -0.463 e. The first-order valence-electron chi connectivity index (χ1n) is 12.7. The van der Waals surface area contributed by atoms with Crippen LogP contribution in [0.25, 0.3) is 0 Å². The van der Waals surface area contributed by atoms with Crippen LogP contribution in [-0.2, 0) is 42.4 Å². The highest BCUT2D eigenvalue weighted by Gasteiger charge is 2.29. The third-order valence-corrected chi connectivity index (χ3v) is 9.67. The Morgan fingerprint density at radius 3 is 1.66 bits per heavy atom. The van der Waals surface area contributed by atoms with Gasteiger partial charge in [0, 0.05) is 4.47 Å². The molecular formula is C30H29BrN2O6S2. The summed E-state index contributed by atoms with van der Waals surface area (Å²) in [5.74, 6) is -0.825. The number of ether oxygens (including phenoxy) is 1. The lowest BCUT2D eigenvalue weighted by atomic mass is 10.1. The van der Waals surface area contributed by atoms with Crippen LogP contribution in [-0.4, -0.2) is 41.5 Å². The van der Waals surface area contributed by atoms with Gasteiger partial charge in [-0.2, -0.15) is 4.72 Å². The van der Waals surface area contributed by atoms with E-state index in [2.05, 4.69) is 25.4 Å². The molecule has 41 heavy (non-hydrogen) atoms. The standard InChI is InChI=1S/C30H29BrN2O6S2/c31-25-16-18-28(19-17-25)40(35,36)32-26(20-23-10-4-1-5-11-23)22-39-30(34)29(21-24-12-6-2-7-13-24)33-41(37,38)27-14-8-3-9-15-27/h1-19,26,29,32-33H,20-22H2/t26-,29-/m1/s1. The summed E-state index contributed by atoms with van der Waals surface area (Å²) in [6.07, 6.45) is 0.280. The molecule has 0 aliphatic carbocycles. The van der Waals surface area contributed by atoms with Crippen LogP contribution in [0.2, 0.25) is 0 Å². The fourth-order valence-corrected chi connectivity index (χ4v) is 6.79. The first-order valence-corrected chi connectivity index (χ1v) is 16.5. The van der Waals surface area contributed by atoms with Crippen LogP contribution in [0, 0.1) is 0 Å². The van der Waals surface area contributed by atoms with Crippen molar-refractivity contribution in [2.24, 2.45) is 0 Å². The first-order chi connectivity index (χ1) is 19.6. The number of sulfonamides is 2. The molecule has 214 valence electrons. The molecule has 0 aromatic heterocycles. The van der Waals surface area contributed by atoms with Crippen molar-refractivity contribution in [1.29, 1.82) is 0 Å². The van der Waals surface area contributed by atoms with E-state index in [0.717, 1.165) is 15.6 Å². The number of benzene rings is 4. The van der Waals surface area contributed by atoms with Crippen molar-refractivity contribution in [3.8, 4) is 0 Å². The maximum Gasteiger partial charge on any atom is 0.324 e. The lowest BCUT2D eigenvalue weighted by molar-refractivity contribution is -0.146. The molecule has 0 aliphatic rings. The molecule has 0 aliphatic heterocycles. The minimum atomic E-state index is -4.05. The molecule has 4 rings (SSSR count). The van der Waals surface area contributed by atoms with E-state index in [9.17, 15) is 21.6 Å². The number of rotatable bonds is 13. The van der Waals surface area contributed by atoms with E-state index in [4.69, 9.17) is 4.74 Å². The van der Waals surface area contributed by atoms with E-state index in [0.29, 0.717) is 0 Å². The molecule has 0 heterocycles. The Bertz CT molecular complexity index is 1640. The van der Waals surface area contributed by atoms with Crippen LogP contribution in [0.1, 0.15) is 11.1 Å². The quantitative estimate of drug-likeness (QED) is 0.205. The number of hydrogen-bond acceptors (Lipinski definition) is 6. The van der Waals surface area contributed by atoms with Crippen LogP contribution >= 0.6 is 15.9 Å². The Hall–Kier alpha value is -3.35. The Labute approximate surface area is 249 Å². The van der Waals surface area contributed by atoms with Crippen molar-refractivity contribution in [1.82, 2.24) is 9.44 Å². The molecule has 0 saturated carbocycles. The van der Waals surface area contributed by atoms with Gasteiger partial charge in [0.05, 0.1) is 15.8 Å². The summed E-state index contributed by atoms with van der Waals surface area (Å²) in [5, 5.41) is 0. The average molecular weight is 658 g/mol. The molecule has 0 bridgehead atoms. The molecule has 4 aromatic carbocycles. The maximum absolute atomic E-state index is 13.4. The van der Waals surface area contributed by atoms with E-state index in [1.54, 1.807) is 54.6 Å². The third-order valence-electron chi connectivity index (χ3n) is 6.12. The molecule has 2 atom stereocenters. The second kappa shape index (κ2) is 14.0. The monoisotopic (exact) mass is 656 g/mol. The zero-order chi connectivity index (χ0) is 29.3. The summed E-state index contributed by atoms with van der Waals surface area (Å²) < 4.78 is 63.9. The maximum atomic E-state index is 13.4. The zero-order valence-electron chi connectivity index (χ0n) is 21.9. The fraction of sp³-hybridized carbons (Fsp3) is 0.167. The lowest BCUT2D eigenvalue weighted by Crippen LogP contribution is -2.46. The molecule has 0 spiro atoms. The van der Waals surface area contributed by atoms with E-state index >= 15 is 0 Å². The Kier molecular flexibility index (Phi) is 10.5. The van der Waals surface area contributed by atoms with Gasteiger partial charge in [-0.1, -0.05) is 94.8 Å². The number of carbonyl (C=O) groups excluding carboxylic acids is 1. The topological polar surface area (TPSA) is 119 Å². The molecule has 0 amide bonds. The summed E-state index contributed by atoms with van der Waals surface area (Å²) >= 11 is 3.30. The van der Waals surface area contributed by atoms with Gasteiger partial charge >= 0.3 is 5.97 Å². The Balaban J connectivity index is 1.54. The second-order valence-corrected chi connectivity index (χ2v) is 13.6. The van der Waals surface area contributed by atoms with Gasteiger partial charge in [-0.3, -0.25) is 4.79 Å². The molecule has 0 radical (unpaired) electrons. The predicted octanol–water partition coefficient (Wildman–Crippen LogP) is 4.47. The molecular weight excluding hydrogens is 628 g/mol. The van der Waals surface area contributed by atoms with Crippen molar-refractivity contribution >= 4 is 41.9 Å². The summed E-state index contributed by atoms with van der Waals surface area (Å²) in [4.78, 5) is 13.4. The third kappa shape index (κ3) is 9.07. The molecule has 0 saturated heterocycles. The summed E-state index contributed by atoms with van der Waals surface area (Å²) in [6, 6.07) is 30.0. The molecule has 2 N–H and O–H groups in total. The normalized spacial score (nSPS) is 13.3. The zero-order valence-corrected chi connectivity index (χ0v) is 25.1. The molecule has 8 nitrogen and oxygen atoms in total. The highest BCUT2D eigenvalue weighted by molar-refractivity contribution is 9.10. The number of nitrogens with one attached hydrogen (secondary N) is 2. The Morgan fingerprint density at radius 2 is 1.10 bits per heavy atom. The van der Waals surface area contributed by atoms with Crippen molar-refractivity contribution in [3.05, 3.63) is 131 Å². The van der Waals surface area contributed by atoms with Crippen molar-refractivity contribution in [3.63, 3.8) is 0 Å². The highest BCUT2D eigenvalue weighted by Crippen LogP contribution is 2.17. The van der Waals surface area contributed by atoms with E-state index < -0.39 is 38.1 Å². The SMILES string of the molecule is O=C(OC[C@@H](Cc1ccccc1)NS(=O)(=O)c1ccc(Br)cc1)[C@@H](Cc1ccccc1)NS(=O)(=O)c1ccccc1. The largest absolute Gasteiger partial charge is 0.463 e. The van der Waals surface area contributed by atoms with Crippen LogP contribution < -0.4 is 9.44 Å². The number of esters is 1. The smallest absolute Gasteiger partial charge is 0.324 e. The van der Waals surface area contributed by atoms with Crippen LogP contribution in [0.15, 0.2) is 130 Å². The van der Waals surface area contributed by atoms with Crippen molar-refractivity contribution in [2.45, 2.75) is 34.7 Å². The summed E-state index contributed by atoms with van der Waals surface area (Å²) in [5.41, 5.74) is 1.56. The molecule has 11 heteroatoms. The first kappa shape index (κ1) is 30.6. The van der Waals surface area contributed by atoms with Gasteiger partial charge in [0.1, 0.15) is 12.6 Å². The van der Waals surface area contributed by atoms with Gasteiger partial charge < -0.3 is 4.74 Å². The van der Waals surface area contributed by atoms with Gasteiger partial charge in [-0.15, -0.1) is 0 Å². The van der Waals surface area contributed by atoms with Gasteiger partial charge in [-0.05, 0) is 60.4 Å². The van der Waals surface area contributed by atoms with Crippen LogP contribution in [0.5, 0.6) is 0 Å². The molecule has 0 unspecified atom stereocenters. The fourth-order valence-electron chi connectivity index (χ4n) is 4.10. The van der Waals surface area contributed by atoms with Crippen molar-refractivity contribution in [2.75, 3.05) is 6.61 Å². The van der Waals surface area contributed by atoms with E-state index in [1.807, 2.05) is 36.4 Å². The van der Waals surface area contributed by atoms with E-state index in [-0.39, 0.29) is 29.2 Å². The van der Waals surface area contributed by atoms with Crippen molar-refractivity contribution < 1.29 is 26.4 Å². The van der Waals surface area contributed by atoms with E-state index in [1.165, 1.54) is 24.3 Å². The highest BCUT2D eigenvalue weighted by atomic mass is 79.9. The van der Waals surface area contributed by atoms with Crippen LogP contribution in [0.3, 0.4) is 0 Å². The van der Waals surface area contributed by atoms with Gasteiger partial charge in [0.2, 0.25) is 20.0 Å². The summed E-state index contributed by atoms with van der Waals surface area (Å²) in [7, 11) is -8.00. The second-order valence-electron chi connectivity index (χ2n) is 9.27. The predicted molar refractivity (Wildman–Crippen MR) is 160 cm³/mol. The van der Waals surface area contributed by atoms with Gasteiger partial charge in [0.15, 0.2) is 0 Å². The van der Waals surface area contributed by atoms with Gasteiger partial charge in [-0.25, -0.2) is 21.6 Å². The lowest BCUT2D eigenvalue weighted by Gasteiger charge is -2.22. The van der Waals surface area contributed by atoms with Gasteiger partial charge in [0.25, 0.3) is 0 Å². The number of hydrogen-bond donors (Lipinski definition) is 2. The number of halogens is 1. The van der Waals surface area contributed by atoms with Crippen LogP contribution in [0.4, 0.5) is 0 Å². The summed E-state index contributed by atoms with van der Waals surface area (Å²) in [6.45, 7) is -0.318. The number of carbonyl (C=O) groups is 1. The molecule has 0 fully saturated rings.